The van der Waals surface area contributed by atoms with E-state index < -0.39 is 11.9 Å². The first-order valence-electron chi connectivity index (χ1n) is 7.88. The van der Waals surface area contributed by atoms with E-state index in [1.807, 2.05) is 6.92 Å². The molecule has 0 heterocycles. The average Bonchev–Trinajstić information content (AvgIpc) is 2.63. The standard InChI is InChI=1S/C15H28N2O3/c1-3-8-11(4-2)16-15(20)17-13-10-7-5-6-9-12(13)14(18)19/h11-13H,3-10H2,1-2H3,(H,18,19)(H2,16,17,20). The van der Waals surface area contributed by atoms with Crippen LogP contribution in [0, 0.1) is 5.92 Å². The summed E-state index contributed by atoms with van der Waals surface area (Å²) in [5.74, 6) is -1.24. The third kappa shape index (κ3) is 5.39. The highest BCUT2D eigenvalue weighted by molar-refractivity contribution is 5.77. The molecule has 1 aliphatic carbocycles. The second kappa shape index (κ2) is 8.82. The van der Waals surface area contributed by atoms with Crippen molar-refractivity contribution >= 4 is 12.0 Å². The number of amides is 2. The van der Waals surface area contributed by atoms with Crippen molar-refractivity contribution in [3.05, 3.63) is 0 Å². The molecule has 0 radical (unpaired) electrons. The van der Waals surface area contributed by atoms with Gasteiger partial charge in [0, 0.05) is 12.1 Å². The van der Waals surface area contributed by atoms with Crippen molar-refractivity contribution < 1.29 is 14.7 Å². The van der Waals surface area contributed by atoms with Crippen LogP contribution < -0.4 is 10.6 Å². The van der Waals surface area contributed by atoms with Crippen molar-refractivity contribution in [2.24, 2.45) is 5.92 Å². The van der Waals surface area contributed by atoms with Crippen LogP contribution in [0.1, 0.15) is 65.2 Å². The molecule has 3 atom stereocenters. The highest BCUT2D eigenvalue weighted by atomic mass is 16.4. The summed E-state index contributed by atoms with van der Waals surface area (Å²) in [7, 11) is 0. The van der Waals surface area contributed by atoms with E-state index in [1.165, 1.54) is 0 Å². The summed E-state index contributed by atoms with van der Waals surface area (Å²) in [5, 5.41) is 15.1. The van der Waals surface area contributed by atoms with Crippen LogP contribution in [0.25, 0.3) is 0 Å². The van der Waals surface area contributed by atoms with Crippen molar-refractivity contribution in [3.8, 4) is 0 Å². The lowest BCUT2D eigenvalue weighted by molar-refractivity contribution is -0.142. The Morgan fingerprint density at radius 1 is 1.20 bits per heavy atom. The number of hydrogen-bond donors (Lipinski definition) is 3. The number of nitrogens with one attached hydrogen (secondary N) is 2. The molecule has 0 saturated heterocycles. The minimum Gasteiger partial charge on any atom is -0.481 e. The third-order valence-electron chi connectivity index (χ3n) is 4.11. The maximum atomic E-state index is 12.0. The minimum absolute atomic E-state index is 0.175. The number of carbonyl (C=O) groups excluding carboxylic acids is 1. The maximum Gasteiger partial charge on any atom is 0.315 e. The molecule has 0 aromatic carbocycles. The van der Waals surface area contributed by atoms with E-state index in [2.05, 4.69) is 17.6 Å². The molecule has 20 heavy (non-hydrogen) atoms. The van der Waals surface area contributed by atoms with Crippen LogP contribution in [0.2, 0.25) is 0 Å². The topological polar surface area (TPSA) is 78.4 Å². The van der Waals surface area contributed by atoms with E-state index in [0.29, 0.717) is 6.42 Å². The molecule has 1 aliphatic rings. The van der Waals surface area contributed by atoms with Crippen molar-refractivity contribution in [3.63, 3.8) is 0 Å². The molecule has 3 unspecified atom stereocenters. The Morgan fingerprint density at radius 2 is 1.90 bits per heavy atom. The van der Waals surface area contributed by atoms with Crippen molar-refractivity contribution in [2.45, 2.75) is 77.3 Å². The summed E-state index contributed by atoms with van der Waals surface area (Å²) in [6.07, 6.45) is 7.27. The SMILES string of the molecule is CCCC(CC)NC(=O)NC1CCCCCC1C(=O)O. The Bertz CT molecular complexity index is 320. The van der Waals surface area contributed by atoms with Crippen molar-refractivity contribution in [1.29, 1.82) is 0 Å². The smallest absolute Gasteiger partial charge is 0.315 e. The average molecular weight is 284 g/mol. The zero-order valence-corrected chi connectivity index (χ0v) is 12.7. The molecule has 1 rings (SSSR count). The number of carboxylic acids is 1. The highest BCUT2D eigenvalue weighted by Gasteiger charge is 2.30. The Labute approximate surface area is 121 Å². The molecular weight excluding hydrogens is 256 g/mol. The predicted octanol–water partition coefficient (Wildman–Crippen LogP) is 2.90. The summed E-state index contributed by atoms with van der Waals surface area (Å²) in [6, 6.07) is -0.286. The first kappa shape index (κ1) is 16.8. The number of rotatable bonds is 6. The molecule has 5 heteroatoms. The largest absolute Gasteiger partial charge is 0.481 e. The van der Waals surface area contributed by atoms with Crippen LogP contribution in [0.15, 0.2) is 0 Å². The van der Waals surface area contributed by atoms with Gasteiger partial charge in [-0.3, -0.25) is 4.79 Å². The van der Waals surface area contributed by atoms with Gasteiger partial charge in [-0.1, -0.05) is 39.5 Å². The van der Waals surface area contributed by atoms with Crippen LogP contribution >= 0.6 is 0 Å². The second-order valence-electron chi connectivity index (χ2n) is 5.70. The number of carboxylic acid groups (broad SMARTS) is 1. The van der Waals surface area contributed by atoms with Gasteiger partial charge in [-0.25, -0.2) is 4.79 Å². The van der Waals surface area contributed by atoms with E-state index in [0.717, 1.165) is 44.9 Å². The molecule has 1 fully saturated rings. The number of carbonyl (C=O) groups is 2. The third-order valence-corrected chi connectivity index (χ3v) is 4.11. The van der Waals surface area contributed by atoms with Gasteiger partial charge in [-0.2, -0.15) is 0 Å². The fourth-order valence-corrected chi connectivity index (χ4v) is 2.90. The van der Waals surface area contributed by atoms with Crippen molar-refractivity contribution in [2.75, 3.05) is 0 Å². The summed E-state index contributed by atoms with van der Waals surface area (Å²) >= 11 is 0. The van der Waals surface area contributed by atoms with Gasteiger partial charge in [0.25, 0.3) is 0 Å². The van der Waals surface area contributed by atoms with Crippen LogP contribution in [-0.2, 0) is 4.79 Å². The number of hydrogen-bond acceptors (Lipinski definition) is 2. The first-order valence-corrected chi connectivity index (χ1v) is 7.88. The molecule has 0 spiro atoms. The molecule has 1 saturated carbocycles. The molecule has 116 valence electrons. The van der Waals surface area contributed by atoms with Crippen LogP contribution in [0.4, 0.5) is 4.79 Å². The van der Waals surface area contributed by atoms with Gasteiger partial charge >= 0.3 is 12.0 Å². The van der Waals surface area contributed by atoms with E-state index in [1.54, 1.807) is 0 Å². The molecule has 3 N–H and O–H groups in total. The molecule has 2 amide bonds. The summed E-state index contributed by atoms with van der Waals surface area (Å²) in [5.41, 5.74) is 0. The zero-order valence-electron chi connectivity index (χ0n) is 12.7. The monoisotopic (exact) mass is 284 g/mol. The summed E-state index contributed by atoms with van der Waals surface area (Å²) < 4.78 is 0. The van der Waals surface area contributed by atoms with E-state index in [4.69, 9.17) is 0 Å². The van der Waals surface area contributed by atoms with Gasteiger partial charge in [-0.05, 0) is 25.7 Å². The first-order chi connectivity index (χ1) is 9.58. The molecule has 5 nitrogen and oxygen atoms in total. The Morgan fingerprint density at radius 3 is 2.50 bits per heavy atom. The van der Waals surface area contributed by atoms with Crippen LogP contribution in [-0.4, -0.2) is 29.2 Å². The Hall–Kier alpha value is -1.26. The fourth-order valence-electron chi connectivity index (χ4n) is 2.90. The minimum atomic E-state index is -0.794. The number of urea groups is 1. The van der Waals surface area contributed by atoms with Crippen LogP contribution in [0.5, 0.6) is 0 Å². The van der Waals surface area contributed by atoms with Gasteiger partial charge in [0.05, 0.1) is 5.92 Å². The molecule has 0 aromatic rings. The van der Waals surface area contributed by atoms with E-state index in [9.17, 15) is 14.7 Å². The normalized spacial score (nSPS) is 24.5. The molecule has 0 bridgehead atoms. The fraction of sp³-hybridized carbons (Fsp3) is 0.867. The van der Waals surface area contributed by atoms with E-state index >= 15 is 0 Å². The Kier molecular flexibility index (Phi) is 7.41. The predicted molar refractivity (Wildman–Crippen MR) is 78.7 cm³/mol. The van der Waals surface area contributed by atoms with Gasteiger partial charge in [-0.15, -0.1) is 0 Å². The lowest BCUT2D eigenvalue weighted by Gasteiger charge is -2.25. The number of aliphatic carboxylic acids is 1. The molecule has 0 aromatic heterocycles. The summed E-state index contributed by atoms with van der Waals surface area (Å²) in [6.45, 7) is 4.14. The van der Waals surface area contributed by atoms with Gasteiger partial charge in [0.2, 0.25) is 0 Å². The van der Waals surface area contributed by atoms with Crippen molar-refractivity contribution in [1.82, 2.24) is 10.6 Å². The van der Waals surface area contributed by atoms with Gasteiger partial charge < -0.3 is 15.7 Å². The quantitative estimate of drug-likeness (QED) is 0.656. The highest BCUT2D eigenvalue weighted by Crippen LogP contribution is 2.23. The second-order valence-corrected chi connectivity index (χ2v) is 5.70. The van der Waals surface area contributed by atoms with Gasteiger partial charge in [0.1, 0.15) is 0 Å². The lowest BCUT2D eigenvalue weighted by atomic mass is 9.95. The lowest BCUT2D eigenvalue weighted by Crippen LogP contribution is -2.49. The molecule has 0 aliphatic heterocycles. The summed E-state index contributed by atoms with van der Waals surface area (Å²) in [4.78, 5) is 23.3. The zero-order chi connectivity index (χ0) is 15.0. The maximum absolute atomic E-state index is 12.0. The van der Waals surface area contributed by atoms with Gasteiger partial charge in [0.15, 0.2) is 0 Å². The van der Waals surface area contributed by atoms with Crippen LogP contribution in [0.3, 0.4) is 0 Å². The van der Waals surface area contributed by atoms with E-state index in [-0.39, 0.29) is 18.1 Å². The molecular formula is C15H28N2O3. The Balaban J connectivity index is 2.54.